The molecule has 3 aromatic rings. The molecule has 0 bridgehead atoms. The summed E-state index contributed by atoms with van der Waals surface area (Å²) >= 11 is 0. The Kier molecular flexibility index (Phi) is 5.62. The van der Waals surface area contributed by atoms with E-state index in [1.807, 2.05) is 12.1 Å². The van der Waals surface area contributed by atoms with Crippen LogP contribution in [0.4, 0.5) is 0 Å². The van der Waals surface area contributed by atoms with Gasteiger partial charge in [-0.15, -0.1) is 0 Å². The Labute approximate surface area is 149 Å². The van der Waals surface area contributed by atoms with Crippen LogP contribution >= 0.6 is 0 Å². The molecule has 3 rings (SSSR count). The van der Waals surface area contributed by atoms with E-state index in [1.54, 1.807) is 6.92 Å². The Hall–Kier alpha value is -2.45. The van der Waals surface area contributed by atoms with E-state index < -0.39 is 0 Å². The highest BCUT2D eigenvalue weighted by molar-refractivity contribution is 5.94. The van der Waals surface area contributed by atoms with Crippen molar-refractivity contribution in [1.82, 2.24) is 5.32 Å². The number of carbonyl (C=O) groups excluding carboxylic acids is 1. The standard InChI is InChI=1S/C23H25NO/c1-17(22-11-5-9-21-8-3-4-10-23(21)22)24-16-6-7-19-12-14-20(15-13-19)18(2)25/h3-5,8-15,17,24H,6-7,16H2,1-2H3. The van der Waals surface area contributed by atoms with Gasteiger partial charge in [0.2, 0.25) is 0 Å². The lowest BCUT2D eigenvalue weighted by atomic mass is 9.99. The van der Waals surface area contributed by atoms with Crippen molar-refractivity contribution in [3.63, 3.8) is 0 Å². The van der Waals surface area contributed by atoms with Gasteiger partial charge in [0, 0.05) is 11.6 Å². The molecule has 0 saturated heterocycles. The summed E-state index contributed by atoms with van der Waals surface area (Å²) in [4.78, 5) is 11.3. The molecular formula is C23H25NO. The molecule has 0 aromatic heterocycles. The third-order valence-electron chi connectivity index (χ3n) is 4.74. The van der Waals surface area contributed by atoms with Gasteiger partial charge in [0.25, 0.3) is 0 Å². The van der Waals surface area contributed by atoms with Crippen LogP contribution in [0.3, 0.4) is 0 Å². The Morgan fingerprint density at radius 3 is 2.44 bits per heavy atom. The normalized spacial score (nSPS) is 12.2. The topological polar surface area (TPSA) is 29.1 Å². The van der Waals surface area contributed by atoms with Crippen LogP contribution in [0.1, 0.15) is 47.8 Å². The van der Waals surface area contributed by atoms with E-state index in [4.69, 9.17) is 0 Å². The minimum atomic E-state index is 0.122. The first kappa shape index (κ1) is 17.4. The minimum absolute atomic E-state index is 0.122. The molecule has 1 atom stereocenters. The number of ketones is 1. The summed E-state index contributed by atoms with van der Waals surface area (Å²) in [5.74, 6) is 0.122. The van der Waals surface area contributed by atoms with E-state index in [0.29, 0.717) is 6.04 Å². The lowest BCUT2D eigenvalue weighted by Crippen LogP contribution is -2.20. The Morgan fingerprint density at radius 1 is 0.960 bits per heavy atom. The highest BCUT2D eigenvalue weighted by Gasteiger charge is 2.08. The van der Waals surface area contributed by atoms with Crippen LogP contribution in [0.5, 0.6) is 0 Å². The largest absolute Gasteiger partial charge is 0.310 e. The number of aryl methyl sites for hydroxylation is 1. The fraction of sp³-hybridized carbons (Fsp3) is 0.261. The van der Waals surface area contributed by atoms with E-state index in [-0.39, 0.29) is 5.78 Å². The Balaban J connectivity index is 1.54. The van der Waals surface area contributed by atoms with Gasteiger partial charge in [-0.2, -0.15) is 0 Å². The van der Waals surface area contributed by atoms with Gasteiger partial charge in [0.1, 0.15) is 0 Å². The predicted molar refractivity (Wildman–Crippen MR) is 105 cm³/mol. The quantitative estimate of drug-likeness (QED) is 0.468. The molecule has 0 fully saturated rings. The SMILES string of the molecule is CC(=O)c1ccc(CCCNC(C)c2cccc3ccccc23)cc1. The minimum Gasteiger partial charge on any atom is -0.310 e. The van der Waals surface area contributed by atoms with Crippen molar-refractivity contribution in [2.24, 2.45) is 0 Å². The zero-order valence-corrected chi connectivity index (χ0v) is 15.0. The van der Waals surface area contributed by atoms with Crippen LogP contribution in [0.25, 0.3) is 10.8 Å². The summed E-state index contributed by atoms with van der Waals surface area (Å²) in [6, 6.07) is 23.3. The molecule has 0 saturated carbocycles. The molecule has 1 unspecified atom stereocenters. The van der Waals surface area contributed by atoms with Gasteiger partial charge in [0.05, 0.1) is 0 Å². The molecule has 25 heavy (non-hydrogen) atoms. The van der Waals surface area contributed by atoms with Crippen LogP contribution in [0, 0.1) is 0 Å². The Bertz CT molecular complexity index is 846. The predicted octanol–water partition coefficient (Wildman–Crippen LogP) is 5.33. The van der Waals surface area contributed by atoms with Crippen LogP contribution in [0.2, 0.25) is 0 Å². The number of fused-ring (bicyclic) bond motifs is 1. The van der Waals surface area contributed by atoms with Gasteiger partial charge >= 0.3 is 0 Å². The van der Waals surface area contributed by atoms with Gasteiger partial charge < -0.3 is 5.32 Å². The smallest absolute Gasteiger partial charge is 0.159 e. The monoisotopic (exact) mass is 331 g/mol. The first-order chi connectivity index (χ1) is 12.1. The van der Waals surface area contributed by atoms with Crippen molar-refractivity contribution in [2.45, 2.75) is 32.7 Å². The molecule has 0 heterocycles. The first-order valence-electron chi connectivity index (χ1n) is 8.96. The summed E-state index contributed by atoms with van der Waals surface area (Å²) in [6.07, 6.45) is 2.10. The summed E-state index contributed by atoms with van der Waals surface area (Å²) in [5, 5.41) is 6.25. The molecule has 3 aromatic carbocycles. The van der Waals surface area contributed by atoms with Gasteiger partial charge in [-0.3, -0.25) is 4.79 Å². The van der Waals surface area contributed by atoms with Crippen molar-refractivity contribution in [3.05, 3.63) is 83.4 Å². The van der Waals surface area contributed by atoms with Gasteiger partial charge in [0.15, 0.2) is 5.78 Å². The number of carbonyl (C=O) groups is 1. The molecule has 0 radical (unpaired) electrons. The fourth-order valence-electron chi connectivity index (χ4n) is 3.26. The molecule has 128 valence electrons. The number of rotatable bonds is 7. The summed E-state index contributed by atoms with van der Waals surface area (Å²) in [5.41, 5.74) is 3.42. The molecule has 2 heteroatoms. The average molecular weight is 331 g/mol. The third kappa shape index (κ3) is 4.34. The van der Waals surface area contributed by atoms with E-state index >= 15 is 0 Å². The van der Waals surface area contributed by atoms with Crippen LogP contribution < -0.4 is 5.32 Å². The van der Waals surface area contributed by atoms with Crippen molar-refractivity contribution in [3.8, 4) is 0 Å². The molecular weight excluding hydrogens is 306 g/mol. The second kappa shape index (κ2) is 8.09. The zero-order valence-electron chi connectivity index (χ0n) is 15.0. The van der Waals surface area contributed by atoms with E-state index in [0.717, 1.165) is 24.9 Å². The lowest BCUT2D eigenvalue weighted by molar-refractivity contribution is 0.101. The lowest BCUT2D eigenvalue weighted by Gasteiger charge is -2.16. The maximum atomic E-state index is 11.3. The number of nitrogens with one attached hydrogen (secondary N) is 1. The van der Waals surface area contributed by atoms with Crippen molar-refractivity contribution in [2.75, 3.05) is 6.54 Å². The molecule has 0 aliphatic heterocycles. The fourth-order valence-corrected chi connectivity index (χ4v) is 3.26. The molecule has 0 amide bonds. The first-order valence-corrected chi connectivity index (χ1v) is 8.96. The van der Waals surface area contributed by atoms with Gasteiger partial charge in [-0.05, 0) is 55.1 Å². The summed E-state index contributed by atoms with van der Waals surface area (Å²) in [6.45, 7) is 4.80. The van der Waals surface area contributed by atoms with Crippen molar-refractivity contribution in [1.29, 1.82) is 0 Å². The second-order valence-corrected chi connectivity index (χ2v) is 6.60. The van der Waals surface area contributed by atoms with Crippen molar-refractivity contribution < 1.29 is 4.79 Å². The number of Topliss-reactive ketones (excluding diaryl/α,β-unsaturated/α-hetero) is 1. The molecule has 1 N–H and O–H groups in total. The zero-order chi connectivity index (χ0) is 17.6. The molecule has 2 nitrogen and oxygen atoms in total. The van der Waals surface area contributed by atoms with Gasteiger partial charge in [-0.1, -0.05) is 66.7 Å². The van der Waals surface area contributed by atoms with E-state index in [2.05, 4.69) is 66.8 Å². The molecule has 0 aliphatic rings. The molecule has 0 spiro atoms. The van der Waals surface area contributed by atoms with E-state index in [9.17, 15) is 4.79 Å². The maximum absolute atomic E-state index is 11.3. The second-order valence-electron chi connectivity index (χ2n) is 6.60. The summed E-state index contributed by atoms with van der Waals surface area (Å²) < 4.78 is 0. The third-order valence-corrected chi connectivity index (χ3v) is 4.74. The maximum Gasteiger partial charge on any atom is 0.159 e. The van der Waals surface area contributed by atoms with Crippen LogP contribution in [-0.4, -0.2) is 12.3 Å². The highest BCUT2D eigenvalue weighted by atomic mass is 16.1. The van der Waals surface area contributed by atoms with Gasteiger partial charge in [-0.25, -0.2) is 0 Å². The van der Waals surface area contributed by atoms with E-state index in [1.165, 1.54) is 21.9 Å². The average Bonchev–Trinajstić information content (AvgIpc) is 2.65. The number of benzene rings is 3. The number of hydrogen-bond acceptors (Lipinski definition) is 2. The van der Waals surface area contributed by atoms with Crippen LogP contribution in [-0.2, 0) is 6.42 Å². The van der Waals surface area contributed by atoms with Crippen LogP contribution in [0.15, 0.2) is 66.7 Å². The molecule has 0 aliphatic carbocycles. The Morgan fingerprint density at radius 2 is 1.68 bits per heavy atom. The van der Waals surface area contributed by atoms with Crippen molar-refractivity contribution >= 4 is 16.6 Å². The summed E-state index contributed by atoms with van der Waals surface area (Å²) in [7, 11) is 0. The number of hydrogen-bond donors (Lipinski definition) is 1. The highest BCUT2D eigenvalue weighted by Crippen LogP contribution is 2.24.